The van der Waals surface area contributed by atoms with Crippen molar-refractivity contribution < 1.29 is 4.74 Å². The minimum absolute atomic E-state index is 0.914. The van der Waals surface area contributed by atoms with Crippen LogP contribution in [0.1, 0.15) is 26.2 Å². The van der Waals surface area contributed by atoms with Crippen molar-refractivity contribution in [1.82, 2.24) is 0 Å². The standard InChI is InChI=1S/C14H16O/c1-2-12-7-6-10-14(11-12)15-13-8-4-3-5-9-13/h3-5,8-11H,2,6-7H2,1H3. The van der Waals surface area contributed by atoms with Crippen LogP contribution in [0.5, 0.6) is 5.75 Å². The summed E-state index contributed by atoms with van der Waals surface area (Å²) in [6.45, 7) is 2.19. The number of para-hydroxylation sites is 1. The predicted octanol–water partition coefficient (Wildman–Crippen LogP) is 4.08. The zero-order valence-electron chi connectivity index (χ0n) is 9.07. The molecule has 0 atom stereocenters. The van der Waals surface area contributed by atoms with E-state index < -0.39 is 0 Å². The van der Waals surface area contributed by atoms with Gasteiger partial charge in [0.15, 0.2) is 0 Å². The average molecular weight is 200 g/mol. The summed E-state index contributed by atoms with van der Waals surface area (Å²) in [6, 6.07) is 9.94. The van der Waals surface area contributed by atoms with Gasteiger partial charge in [-0.15, -0.1) is 0 Å². The van der Waals surface area contributed by atoms with Crippen LogP contribution in [0.4, 0.5) is 0 Å². The number of rotatable bonds is 3. The molecule has 0 unspecified atom stereocenters. The Balaban J connectivity index is 2.07. The van der Waals surface area contributed by atoms with E-state index in [0.29, 0.717) is 0 Å². The summed E-state index contributed by atoms with van der Waals surface area (Å²) in [5, 5.41) is 0. The number of hydrogen-bond donors (Lipinski definition) is 0. The van der Waals surface area contributed by atoms with Gasteiger partial charge >= 0.3 is 0 Å². The molecule has 1 aliphatic carbocycles. The Kier molecular flexibility index (Phi) is 3.23. The number of ether oxygens (including phenoxy) is 1. The molecule has 0 aromatic heterocycles. The summed E-state index contributed by atoms with van der Waals surface area (Å²) in [6.07, 6.45) is 7.72. The topological polar surface area (TPSA) is 9.23 Å². The van der Waals surface area contributed by atoms with Gasteiger partial charge in [-0.05, 0) is 43.5 Å². The van der Waals surface area contributed by atoms with Gasteiger partial charge in [-0.25, -0.2) is 0 Å². The summed E-state index contributed by atoms with van der Waals surface area (Å²) in [4.78, 5) is 0. The molecule has 0 amide bonds. The van der Waals surface area contributed by atoms with Crippen LogP contribution >= 0.6 is 0 Å². The molecule has 15 heavy (non-hydrogen) atoms. The van der Waals surface area contributed by atoms with Crippen molar-refractivity contribution in [3.05, 3.63) is 53.8 Å². The van der Waals surface area contributed by atoms with Gasteiger partial charge in [0.25, 0.3) is 0 Å². The highest BCUT2D eigenvalue weighted by Crippen LogP contribution is 2.22. The van der Waals surface area contributed by atoms with Crippen molar-refractivity contribution in [1.29, 1.82) is 0 Å². The highest BCUT2D eigenvalue weighted by Gasteiger charge is 2.05. The Hall–Kier alpha value is -1.50. The maximum Gasteiger partial charge on any atom is 0.127 e. The normalized spacial score (nSPS) is 15.5. The predicted molar refractivity (Wildman–Crippen MR) is 62.8 cm³/mol. The minimum Gasteiger partial charge on any atom is -0.458 e. The maximum atomic E-state index is 5.77. The first kappa shape index (κ1) is 10.0. The number of benzene rings is 1. The van der Waals surface area contributed by atoms with Crippen LogP contribution in [0.25, 0.3) is 0 Å². The molecule has 1 nitrogen and oxygen atoms in total. The molecule has 0 saturated heterocycles. The van der Waals surface area contributed by atoms with Gasteiger partial charge in [-0.3, -0.25) is 0 Å². The third kappa shape index (κ3) is 2.72. The summed E-state index contributed by atoms with van der Waals surface area (Å²) in [7, 11) is 0. The fourth-order valence-electron chi connectivity index (χ4n) is 1.71. The lowest BCUT2D eigenvalue weighted by atomic mass is 10.0. The SMILES string of the molecule is CCC1=CC(Oc2ccccc2)=CCC1. The summed E-state index contributed by atoms with van der Waals surface area (Å²) in [5.74, 6) is 1.90. The van der Waals surface area contributed by atoms with Crippen molar-refractivity contribution in [2.24, 2.45) is 0 Å². The summed E-state index contributed by atoms with van der Waals surface area (Å²) >= 11 is 0. The van der Waals surface area contributed by atoms with E-state index in [9.17, 15) is 0 Å². The first-order valence-electron chi connectivity index (χ1n) is 5.51. The monoisotopic (exact) mass is 200 g/mol. The highest BCUT2D eigenvalue weighted by molar-refractivity contribution is 5.30. The van der Waals surface area contributed by atoms with Crippen LogP contribution in [-0.2, 0) is 0 Å². The molecule has 0 bridgehead atoms. The molecule has 1 aromatic rings. The van der Waals surface area contributed by atoms with E-state index >= 15 is 0 Å². The summed E-state index contributed by atoms with van der Waals surface area (Å²) in [5.41, 5.74) is 1.48. The molecule has 2 rings (SSSR count). The number of hydrogen-bond acceptors (Lipinski definition) is 1. The second-order valence-corrected chi connectivity index (χ2v) is 3.72. The van der Waals surface area contributed by atoms with Crippen molar-refractivity contribution >= 4 is 0 Å². The smallest absolute Gasteiger partial charge is 0.127 e. The van der Waals surface area contributed by atoms with Gasteiger partial charge < -0.3 is 4.74 Å². The zero-order chi connectivity index (χ0) is 10.5. The van der Waals surface area contributed by atoms with E-state index in [0.717, 1.165) is 24.4 Å². The van der Waals surface area contributed by atoms with Crippen LogP contribution in [0.3, 0.4) is 0 Å². The molecule has 0 radical (unpaired) electrons. The molecule has 0 spiro atoms. The van der Waals surface area contributed by atoms with Crippen LogP contribution in [0.15, 0.2) is 53.8 Å². The van der Waals surface area contributed by atoms with Gasteiger partial charge in [0.05, 0.1) is 0 Å². The van der Waals surface area contributed by atoms with Crippen molar-refractivity contribution in [3.8, 4) is 5.75 Å². The molecule has 1 aliphatic rings. The molecular weight excluding hydrogens is 184 g/mol. The quantitative estimate of drug-likeness (QED) is 0.714. The fourth-order valence-corrected chi connectivity index (χ4v) is 1.71. The van der Waals surface area contributed by atoms with Gasteiger partial charge in [-0.1, -0.05) is 30.7 Å². The van der Waals surface area contributed by atoms with Crippen molar-refractivity contribution in [2.75, 3.05) is 0 Å². The third-order valence-electron chi connectivity index (χ3n) is 2.59. The Bertz CT molecular complexity index is 374. The largest absolute Gasteiger partial charge is 0.458 e. The van der Waals surface area contributed by atoms with E-state index in [1.54, 1.807) is 0 Å². The fraction of sp³-hybridized carbons (Fsp3) is 0.286. The first-order valence-corrected chi connectivity index (χ1v) is 5.51. The van der Waals surface area contributed by atoms with E-state index in [4.69, 9.17) is 4.74 Å². The van der Waals surface area contributed by atoms with Crippen LogP contribution in [-0.4, -0.2) is 0 Å². The lowest BCUT2D eigenvalue weighted by Gasteiger charge is -2.13. The Morgan fingerprint density at radius 3 is 2.73 bits per heavy atom. The van der Waals surface area contributed by atoms with Crippen molar-refractivity contribution in [2.45, 2.75) is 26.2 Å². The molecule has 78 valence electrons. The average Bonchev–Trinajstić information content (AvgIpc) is 2.31. The van der Waals surface area contributed by atoms with E-state index in [2.05, 4.69) is 19.1 Å². The second-order valence-electron chi connectivity index (χ2n) is 3.72. The Labute approximate surface area is 91.1 Å². The molecule has 1 aromatic carbocycles. The van der Waals surface area contributed by atoms with Crippen LogP contribution in [0.2, 0.25) is 0 Å². The number of allylic oxidation sites excluding steroid dienone is 3. The Morgan fingerprint density at radius 2 is 2.00 bits per heavy atom. The highest BCUT2D eigenvalue weighted by atomic mass is 16.5. The van der Waals surface area contributed by atoms with E-state index in [-0.39, 0.29) is 0 Å². The van der Waals surface area contributed by atoms with Crippen LogP contribution in [0, 0.1) is 0 Å². The Morgan fingerprint density at radius 1 is 1.20 bits per heavy atom. The molecule has 0 N–H and O–H groups in total. The molecule has 0 aliphatic heterocycles. The van der Waals surface area contributed by atoms with Gasteiger partial charge in [0.2, 0.25) is 0 Å². The van der Waals surface area contributed by atoms with Gasteiger partial charge in [0, 0.05) is 0 Å². The lowest BCUT2D eigenvalue weighted by Crippen LogP contribution is -1.98. The van der Waals surface area contributed by atoms with E-state index in [1.165, 1.54) is 12.0 Å². The minimum atomic E-state index is 0.914. The van der Waals surface area contributed by atoms with Gasteiger partial charge in [0.1, 0.15) is 11.5 Å². The van der Waals surface area contributed by atoms with Gasteiger partial charge in [-0.2, -0.15) is 0 Å². The molecule has 1 heteroatoms. The molecule has 0 saturated carbocycles. The molecule has 0 fully saturated rings. The summed E-state index contributed by atoms with van der Waals surface area (Å²) < 4.78 is 5.77. The molecular formula is C14H16O. The zero-order valence-corrected chi connectivity index (χ0v) is 9.07. The molecule has 0 heterocycles. The first-order chi connectivity index (χ1) is 7.38. The third-order valence-corrected chi connectivity index (χ3v) is 2.59. The lowest BCUT2D eigenvalue weighted by molar-refractivity contribution is 0.437. The second kappa shape index (κ2) is 4.83. The maximum absolute atomic E-state index is 5.77. The van der Waals surface area contributed by atoms with E-state index in [1.807, 2.05) is 30.3 Å². The van der Waals surface area contributed by atoms with Crippen molar-refractivity contribution in [3.63, 3.8) is 0 Å². The van der Waals surface area contributed by atoms with Crippen LogP contribution < -0.4 is 4.74 Å².